The number of fused-ring (bicyclic) bond motifs is 2. The molecular formula is C21H22FN7O. The number of aromatic nitrogens is 5. The number of likely N-dealkylation sites (tertiary alicyclic amines) is 1. The minimum Gasteiger partial charge on any atom is -0.363 e. The van der Waals surface area contributed by atoms with Crippen LogP contribution in [0.15, 0.2) is 36.8 Å². The Balaban J connectivity index is 1.42. The molecule has 4 heterocycles. The molecule has 2 bridgehead atoms. The summed E-state index contributed by atoms with van der Waals surface area (Å²) in [7, 11) is 0. The molecule has 3 aromatic heterocycles. The highest BCUT2D eigenvalue weighted by atomic mass is 19.1. The van der Waals surface area contributed by atoms with Crippen molar-refractivity contribution in [2.75, 3.05) is 11.9 Å². The summed E-state index contributed by atoms with van der Waals surface area (Å²) in [6.07, 6.45) is 6.54. The van der Waals surface area contributed by atoms with Crippen molar-refractivity contribution in [3.63, 3.8) is 0 Å². The van der Waals surface area contributed by atoms with E-state index in [0.29, 0.717) is 23.8 Å². The van der Waals surface area contributed by atoms with E-state index in [1.54, 1.807) is 25.5 Å². The zero-order valence-corrected chi connectivity index (χ0v) is 16.8. The molecule has 3 atom stereocenters. The van der Waals surface area contributed by atoms with Crippen LogP contribution in [0, 0.1) is 25.6 Å². The first-order valence-corrected chi connectivity index (χ1v) is 10.0. The molecule has 3 unspecified atom stereocenters. The van der Waals surface area contributed by atoms with Gasteiger partial charge >= 0.3 is 0 Å². The summed E-state index contributed by atoms with van der Waals surface area (Å²) in [5.74, 6) is 0.0899. The molecule has 8 nitrogen and oxygen atoms in total. The van der Waals surface area contributed by atoms with Gasteiger partial charge in [-0.15, -0.1) is 4.80 Å². The number of nitrogens with zero attached hydrogens (tertiary/aromatic N) is 6. The molecule has 1 saturated heterocycles. The van der Waals surface area contributed by atoms with Gasteiger partial charge in [0, 0.05) is 24.5 Å². The number of hydrogen-bond donors (Lipinski definition) is 1. The number of halogens is 1. The normalized spacial score (nSPS) is 22.5. The van der Waals surface area contributed by atoms with Crippen molar-refractivity contribution >= 4 is 11.7 Å². The summed E-state index contributed by atoms with van der Waals surface area (Å²) in [4.78, 5) is 25.5. The van der Waals surface area contributed by atoms with Gasteiger partial charge in [0.25, 0.3) is 5.91 Å². The van der Waals surface area contributed by atoms with E-state index in [-0.39, 0.29) is 29.6 Å². The Morgan fingerprint density at radius 1 is 1.20 bits per heavy atom. The largest absolute Gasteiger partial charge is 0.363 e. The fourth-order valence-electron chi connectivity index (χ4n) is 4.57. The zero-order chi connectivity index (χ0) is 20.8. The van der Waals surface area contributed by atoms with Gasteiger partial charge in [0.15, 0.2) is 17.3 Å². The fraction of sp³-hybridized carbons (Fsp3) is 0.381. The molecule has 1 aliphatic heterocycles. The van der Waals surface area contributed by atoms with Crippen LogP contribution < -0.4 is 5.32 Å². The molecule has 1 saturated carbocycles. The van der Waals surface area contributed by atoms with Crippen molar-refractivity contribution in [3.8, 4) is 5.69 Å². The van der Waals surface area contributed by atoms with Crippen LogP contribution in [0.1, 0.15) is 34.6 Å². The van der Waals surface area contributed by atoms with Crippen LogP contribution in [0.25, 0.3) is 5.69 Å². The summed E-state index contributed by atoms with van der Waals surface area (Å²) in [5, 5.41) is 11.5. The Bertz CT molecular complexity index is 1100. The summed E-state index contributed by atoms with van der Waals surface area (Å²) < 4.78 is 14.3. The van der Waals surface area contributed by atoms with Crippen molar-refractivity contribution in [1.82, 2.24) is 29.9 Å². The van der Waals surface area contributed by atoms with E-state index in [2.05, 4.69) is 25.5 Å². The number of amides is 1. The van der Waals surface area contributed by atoms with Crippen LogP contribution in [-0.4, -0.2) is 54.4 Å². The summed E-state index contributed by atoms with van der Waals surface area (Å²) >= 11 is 0. The molecule has 2 aliphatic rings. The molecule has 30 heavy (non-hydrogen) atoms. The number of nitrogens with one attached hydrogen (secondary N) is 1. The molecule has 5 rings (SSSR count). The van der Waals surface area contributed by atoms with Gasteiger partial charge in [-0.05, 0) is 56.4 Å². The topological polar surface area (TPSA) is 88.8 Å². The number of pyridine rings is 2. The second-order valence-electron chi connectivity index (χ2n) is 8.10. The average molecular weight is 407 g/mol. The van der Waals surface area contributed by atoms with Gasteiger partial charge in [0.05, 0.1) is 18.4 Å². The SMILES string of the molecule is Cc1cnc(NC2CC3CC2N(C(=O)c2nc(C)ccc2-n2nccn2)C3)c(F)c1. The van der Waals surface area contributed by atoms with E-state index < -0.39 is 0 Å². The van der Waals surface area contributed by atoms with Crippen molar-refractivity contribution < 1.29 is 9.18 Å². The fourth-order valence-corrected chi connectivity index (χ4v) is 4.57. The first-order chi connectivity index (χ1) is 14.5. The Kier molecular flexibility index (Phi) is 4.45. The first-order valence-electron chi connectivity index (χ1n) is 10.0. The maximum atomic E-state index is 14.3. The number of rotatable bonds is 4. The molecular weight excluding hydrogens is 385 g/mol. The maximum absolute atomic E-state index is 14.3. The Morgan fingerprint density at radius 3 is 2.73 bits per heavy atom. The van der Waals surface area contributed by atoms with Crippen LogP contribution in [0.5, 0.6) is 0 Å². The number of aryl methyl sites for hydroxylation is 2. The van der Waals surface area contributed by atoms with Gasteiger partial charge in [-0.1, -0.05) is 0 Å². The third-order valence-electron chi connectivity index (χ3n) is 5.89. The van der Waals surface area contributed by atoms with E-state index in [9.17, 15) is 9.18 Å². The van der Waals surface area contributed by atoms with Gasteiger partial charge in [0.2, 0.25) is 0 Å². The standard InChI is InChI=1S/C21H22FN7O/c1-12-7-15(22)20(23-10-12)27-16-8-14-9-18(16)28(11-14)21(30)19-17(4-3-13(2)26-19)29-24-5-6-25-29/h3-7,10,14,16,18H,8-9,11H2,1-2H3,(H,23,27). The van der Waals surface area contributed by atoms with Crippen LogP contribution >= 0.6 is 0 Å². The molecule has 0 spiro atoms. The van der Waals surface area contributed by atoms with E-state index in [0.717, 1.165) is 24.1 Å². The van der Waals surface area contributed by atoms with E-state index in [1.807, 2.05) is 24.0 Å². The van der Waals surface area contributed by atoms with Gasteiger partial charge in [0.1, 0.15) is 5.69 Å². The molecule has 0 aromatic carbocycles. The van der Waals surface area contributed by atoms with Crippen molar-refractivity contribution in [1.29, 1.82) is 0 Å². The average Bonchev–Trinajstić information content (AvgIpc) is 3.46. The highest BCUT2D eigenvalue weighted by Crippen LogP contribution is 2.40. The number of anilines is 1. The van der Waals surface area contributed by atoms with Gasteiger partial charge < -0.3 is 10.2 Å². The molecule has 1 aliphatic carbocycles. The van der Waals surface area contributed by atoms with Gasteiger partial charge in [-0.2, -0.15) is 10.2 Å². The molecule has 3 aromatic rings. The monoisotopic (exact) mass is 407 g/mol. The Labute approximate surface area is 173 Å². The highest BCUT2D eigenvalue weighted by Gasteiger charge is 2.48. The van der Waals surface area contributed by atoms with Gasteiger partial charge in [-0.3, -0.25) is 4.79 Å². The molecule has 154 valence electrons. The van der Waals surface area contributed by atoms with Crippen LogP contribution in [0.2, 0.25) is 0 Å². The Morgan fingerprint density at radius 2 is 2.00 bits per heavy atom. The predicted octanol–water partition coefficient (Wildman–Crippen LogP) is 2.53. The van der Waals surface area contributed by atoms with Crippen LogP contribution in [0.3, 0.4) is 0 Å². The lowest BCUT2D eigenvalue weighted by molar-refractivity contribution is 0.0685. The second kappa shape index (κ2) is 7.16. The lowest BCUT2D eigenvalue weighted by Gasteiger charge is -2.34. The lowest BCUT2D eigenvalue weighted by Crippen LogP contribution is -2.48. The van der Waals surface area contributed by atoms with E-state index >= 15 is 0 Å². The van der Waals surface area contributed by atoms with Crippen molar-refractivity contribution in [2.24, 2.45) is 5.92 Å². The van der Waals surface area contributed by atoms with Crippen molar-refractivity contribution in [2.45, 2.75) is 38.8 Å². The maximum Gasteiger partial charge on any atom is 0.275 e. The van der Waals surface area contributed by atoms with Crippen molar-refractivity contribution in [3.05, 3.63) is 59.6 Å². The summed E-state index contributed by atoms with van der Waals surface area (Å²) in [6, 6.07) is 5.03. The summed E-state index contributed by atoms with van der Waals surface area (Å²) in [6.45, 7) is 4.33. The number of hydrogen-bond acceptors (Lipinski definition) is 6. The minimum atomic E-state index is -0.372. The predicted molar refractivity (Wildman–Crippen MR) is 108 cm³/mol. The molecule has 1 amide bonds. The third-order valence-corrected chi connectivity index (χ3v) is 5.89. The first kappa shape index (κ1) is 18.7. The van der Waals surface area contributed by atoms with Crippen LogP contribution in [0.4, 0.5) is 10.2 Å². The molecule has 1 N–H and O–H groups in total. The third kappa shape index (κ3) is 3.20. The molecule has 9 heteroatoms. The quantitative estimate of drug-likeness (QED) is 0.715. The summed E-state index contributed by atoms with van der Waals surface area (Å²) in [5.41, 5.74) is 2.40. The second-order valence-corrected chi connectivity index (χ2v) is 8.10. The number of carbonyl (C=O) groups is 1. The van der Waals surface area contributed by atoms with E-state index in [4.69, 9.17) is 0 Å². The smallest absolute Gasteiger partial charge is 0.275 e. The number of piperidine rings is 1. The number of carbonyl (C=O) groups excluding carboxylic acids is 1. The molecule has 0 radical (unpaired) electrons. The van der Waals surface area contributed by atoms with Gasteiger partial charge in [-0.25, -0.2) is 14.4 Å². The minimum absolute atomic E-state index is 0.0363. The lowest BCUT2D eigenvalue weighted by atomic mass is 10.0. The van der Waals surface area contributed by atoms with E-state index in [1.165, 1.54) is 10.9 Å². The highest BCUT2D eigenvalue weighted by molar-refractivity contribution is 5.96. The van der Waals surface area contributed by atoms with Crippen LogP contribution in [-0.2, 0) is 0 Å². The molecule has 2 fully saturated rings. The Hall–Kier alpha value is -3.36. The zero-order valence-electron chi connectivity index (χ0n) is 16.8.